The Balaban J connectivity index is 1.82. The summed E-state index contributed by atoms with van der Waals surface area (Å²) in [5.41, 5.74) is 3.19. The molecule has 8 heteroatoms. The topological polar surface area (TPSA) is 95.9 Å². The highest BCUT2D eigenvalue weighted by Crippen LogP contribution is 2.37. The van der Waals surface area contributed by atoms with E-state index in [9.17, 15) is 9.59 Å². The van der Waals surface area contributed by atoms with Gasteiger partial charge in [-0.1, -0.05) is 0 Å². The fraction of sp³-hybridized carbons (Fsp3) is 0.579. The Morgan fingerprint density at radius 3 is 2.52 bits per heavy atom. The quantitative estimate of drug-likeness (QED) is 0.862. The minimum atomic E-state index is -0.319. The summed E-state index contributed by atoms with van der Waals surface area (Å²) in [4.78, 5) is 35.1. The number of aryl methyl sites for hydroxylation is 2. The van der Waals surface area contributed by atoms with E-state index in [0.717, 1.165) is 49.4 Å². The average molecular weight is 370 g/mol. The van der Waals surface area contributed by atoms with Gasteiger partial charge in [-0.3, -0.25) is 19.3 Å². The standard InChI is InChI=1S/C19H26N6O2/c1-4-25-12(3)15(11(2)23-25)13-10-14(26)20-17-16(13)18(27)22-19(21-17)24-8-6-5-7-9-24/h13H,4-10H2,1-3H3,(H2,20,21,22,26,27). The van der Waals surface area contributed by atoms with E-state index in [1.165, 1.54) is 6.42 Å². The first-order valence-electron chi connectivity index (χ1n) is 9.72. The molecule has 2 aliphatic heterocycles. The molecule has 1 fully saturated rings. The third-order valence-corrected chi connectivity index (χ3v) is 5.68. The maximum absolute atomic E-state index is 13.0. The lowest BCUT2D eigenvalue weighted by Crippen LogP contribution is -2.36. The van der Waals surface area contributed by atoms with Gasteiger partial charge in [-0.15, -0.1) is 0 Å². The number of nitrogens with one attached hydrogen (secondary N) is 2. The van der Waals surface area contributed by atoms with Crippen molar-refractivity contribution in [2.24, 2.45) is 0 Å². The number of hydrogen-bond donors (Lipinski definition) is 2. The van der Waals surface area contributed by atoms with E-state index in [1.54, 1.807) is 0 Å². The molecule has 1 amide bonds. The van der Waals surface area contributed by atoms with Gasteiger partial charge in [0.15, 0.2) is 0 Å². The molecule has 1 saturated heterocycles. The van der Waals surface area contributed by atoms with Crippen LogP contribution in [0.25, 0.3) is 0 Å². The minimum absolute atomic E-state index is 0.113. The molecule has 4 heterocycles. The van der Waals surface area contributed by atoms with Crippen LogP contribution < -0.4 is 15.8 Å². The summed E-state index contributed by atoms with van der Waals surface area (Å²) in [6.07, 6.45) is 3.61. The summed E-state index contributed by atoms with van der Waals surface area (Å²) in [5.74, 6) is 0.514. The molecule has 0 saturated carbocycles. The highest BCUT2D eigenvalue weighted by atomic mass is 16.2. The van der Waals surface area contributed by atoms with Gasteiger partial charge < -0.3 is 10.2 Å². The molecule has 0 bridgehead atoms. The van der Waals surface area contributed by atoms with Gasteiger partial charge in [-0.05, 0) is 40.0 Å². The fourth-order valence-corrected chi connectivity index (χ4v) is 4.38. The van der Waals surface area contributed by atoms with E-state index in [0.29, 0.717) is 17.3 Å². The van der Waals surface area contributed by atoms with Crippen molar-refractivity contribution in [2.45, 2.75) is 58.9 Å². The van der Waals surface area contributed by atoms with Gasteiger partial charge in [0.1, 0.15) is 5.82 Å². The first-order valence-corrected chi connectivity index (χ1v) is 9.72. The van der Waals surface area contributed by atoms with Crippen LogP contribution in [0.4, 0.5) is 11.8 Å². The van der Waals surface area contributed by atoms with E-state index in [4.69, 9.17) is 0 Å². The van der Waals surface area contributed by atoms with Crippen LogP contribution in [0.2, 0.25) is 0 Å². The van der Waals surface area contributed by atoms with Crippen LogP contribution in [0.1, 0.15) is 61.0 Å². The Bertz CT molecular complexity index is 938. The van der Waals surface area contributed by atoms with Crippen molar-refractivity contribution in [2.75, 3.05) is 23.3 Å². The van der Waals surface area contributed by atoms with Gasteiger partial charge in [0.2, 0.25) is 11.9 Å². The Hall–Kier alpha value is -2.64. The summed E-state index contributed by atoms with van der Waals surface area (Å²) < 4.78 is 1.92. The lowest BCUT2D eigenvalue weighted by Gasteiger charge is -2.29. The number of nitrogens with zero attached hydrogens (tertiary/aromatic N) is 4. The molecule has 0 aromatic carbocycles. The van der Waals surface area contributed by atoms with Crippen LogP contribution in [-0.4, -0.2) is 38.7 Å². The van der Waals surface area contributed by atoms with Crippen LogP contribution >= 0.6 is 0 Å². The van der Waals surface area contributed by atoms with Gasteiger partial charge in [0.05, 0.1) is 11.3 Å². The number of H-pyrrole nitrogens is 1. The number of aromatic amines is 1. The predicted molar refractivity (Wildman–Crippen MR) is 103 cm³/mol. The molecule has 1 atom stereocenters. The number of amides is 1. The molecule has 0 spiro atoms. The summed E-state index contributed by atoms with van der Waals surface area (Å²) in [5, 5.41) is 7.38. The lowest BCUT2D eigenvalue weighted by molar-refractivity contribution is -0.116. The Morgan fingerprint density at radius 2 is 1.85 bits per heavy atom. The van der Waals surface area contributed by atoms with Crippen molar-refractivity contribution in [3.05, 3.63) is 32.9 Å². The highest BCUT2D eigenvalue weighted by molar-refractivity contribution is 5.94. The van der Waals surface area contributed by atoms with Crippen LogP contribution in [0.3, 0.4) is 0 Å². The Kier molecular flexibility index (Phi) is 4.49. The van der Waals surface area contributed by atoms with E-state index >= 15 is 0 Å². The molecule has 0 aliphatic carbocycles. The number of hydrogen-bond acceptors (Lipinski definition) is 5. The van der Waals surface area contributed by atoms with Crippen molar-refractivity contribution in [3.63, 3.8) is 0 Å². The highest BCUT2D eigenvalue weighted by Gasteiger charge is 2.34. The second-order valence-corrected chi connectivity index (χ2v) is 7.40. The van der Waals surface area contributed by atoms with Gasteiger partial charge in [-0.25, -0.2) is 0 Å². The number of fused-ring (bicyclic) bond motifs is 1. The second-order valence-electron chi connectivity index (χ2n) is 7.40. The summed E-state index contributed by atoms with van der Waals surface area (Å²) >= 11 is 0. The van der Waals surface area contributed by atoms with Crippen molar-refractivity contribution in [1.29, 1.82) is 0 Å². The minimum Gasteiger partial charge on any atom is -0.342 e. The van der Waals surface area contributed by atoms with Crippen molar-refractivity contribution in [3.8, 4) is 0 Å². The van der Waals surface area contributed by atoms with Crippen LogP contribution in [0.15, 0.2) is 4.79 Å². The zero-order valence-corrected chi connectivity index (χ0v) is 16.1. The maximum atomic E-state index is 13.0. The third kappa shape index (κ3) is 3.02. The molecule has 4 rings (SSSR count). The van der Waals surface area contributed by atoms with E-state index in [-0.39, 0.29) is 23.8 Å². The number of rotatable bonds is 3. The molecule has 27 heavy (non-hydrogen) atoms. The van der Waals surface area contributed by atoms with Crippen LogP contribution in [0.5, 0.6) is 0 Å². The van der Waals surface area contributed by atoms with E-state index in [2.05, 4.69) is 25.3 Å². The van der Waals surface area contributed by atoms with Crippen molar-refractivity contribution >= 4 is 17.7 Å². The summed E-state index contributed by atoms with van der Waals surface area (Å²) in [6.45, 7) is 8.46. The normalized spacial score (nSPS) is 19.7. The molecule has 2 N–H and O–H groups in total. The first kappa shape index (κ1) is 17.8. The summed E-state index contributed by atoms with van der Waals surface area (Å²) in [6, 6.07) is 0. The fourth-order valence-electron chi connectivity index (χ4n) is 4.38. The number of anilines is 2. The maximum Gasteiger partial charge on any atom is 0.258 e. The Labute approximate surface area is 158 Å². The number of piperidine rings is 1. The van der Waals surface area contributed by atoms with Gasteiger partial charge in [0.25, 0.3) is 5.56 Å². The lowest BCUT2D eigenvalue weighted by atomic mass is 9.85. The molecule has 2 aromatic rings. The number of aromatic nitrogens is 4. The zero-order valence-electron chi connectivity index (χ0n) is 16.1. The van der Waals surface area contributed by atoms with Crippen LogP contribution in [-0.2, 0) is 11.3 Å². The molecule has 8 nitrogen and oxygen atoms in total. The number of carbonyl (C=O) groups is 1. The van der Waals surface area contributed by atoms with Crippen molar-refractivity contribution in [1.82, 2.24) is 19.7 Å². The van der Waals surface area contributed by atoms with E-state index < -0.39 is 0 Å². The molecular weight excluding hydrogens is 344 g/mol. The van der Waals surface area contributed by atoms with Crippen LogP contribution in [0, 0.1) is 13.8 Å². The predicted octanol–water partition coefficient (Wildman–Crippen LogP) is 2.07. The monoisotopic (exact) mass is 370 g/mol. The Morgan fingerprint density at radius 1 is 1.11 bits per heavy atom. The smallest absolute Gasteiger partial charge is 0.258 e. The van der Waals surface area contributed by atoms with Gasteiger partial charge in [0, 0.05) is 43.2 Å². The molecule has 2 aliphatic rings. The molecule has 1 unspecified atom stereocenters. The van der Waals surface area contributed by atoms with Gasteiger partial charge >= 0.3 is 0 Å². The first-order chi connectivity index (χ1) is 13.0. The third-order valence-electron chi connectivity index (χ3n) is 5.68. The largest absolute Gasteiger partial charge is 0.342 e. The molecular formula is C19H26N6O2. The van der Waals surface area contributed by atoms with Gasteiger partial charge in [-0.2, -0.15) is 10.1 Å². The average Bonchev–Trinajstić information content (AvgIpc) is 2.94. The second kappa shape index (κ2) is 6.83. The number of carbonyl (C=O) groups excluding carboxylic acids is 1. The SMILES string of the molecule is CCn1nc(C)c(C2CC(=O)Nc3nc(N4CCCCC4)[nH]c(=O)c32)c1C. The van der Waals surface area contributed by atoms with Crippen molar-refractivity contribution < 1.29 is 4.79 Å². The van der Waals surface area contributed by atoms with E-state index in [1.807, 2.05) is 25.5 Å². The molecule has 144 valence electrons. The molecule has 2 aromatic heterocycles. The zero-order chi connectivity index (χ0) is 19.1. The summed E-state index contributed by atoms with van der Waals surface area (Å²) in [7, 11) is 0. The molecule has 0 radical (unpaired) electrons.